The zero-order valence-corrected chi connectivity index (χ0v) is 17.1. The van der Waals surface area contributed by atoms with E-state index in [1.807, 2.05) is 13.8 Å². The number of rotatable bonds is 8. The molecular weight excluding hydrogens is 342 g/mol. The van der Waals surface area contributed by atoms with Crippen molar-refractivity contribution < 1.29 is 14.4 Å². The lowest BCUT2D eigenvalue weighted by atomic mass is 9.49. The van der Waals surface area contributed by atoms with Crippen molar-refractivity contribution in [3.05, 3.63) is 0 Å². The lowest BCUT2D eigenvalue weighted by Crippen LogP contribution is -2.49. The van der Waals surface area contributed by atoms with Gasteiger partial charge >= 0.3 is 0 Å². The second-order valence-electron chi connectivity index (χ2n) is 9.19. The minimum atomic E-state index is -0.214. The van der Waals surface area contributed by atoms with E-state index in [1.54, 1.807) is 11.9 Å². The van der Waals surface area contributed by atoms with Crippen molar-refractivity contribution in [3.8, 4) is 0 Å². The molecule has 4 rings (SSSR count). The first kappa shape index (κ1) is 20.2. The van der Waals surface area contributed by atoms with Crippen molar-refractivity contribution >= 4 is 17.7 Å². The maximum atomic E-state index is 12.5. The third-order valence-electron chi connectivity index (χ3n) is 7.05. The van der Waals surface area contributed by atoms with Gasteiger partial charge in [-0.25, -0.2) is 0 Å². The molecule has 4 fully saturated rings. The number of nitrogens with zero attached hydrogens (tertiary/aromatic N) is 2. The van der Waals surface area contributed by atoms with Crippen LogP contribution in [-0.2, 0) is 14.4 Å². The Kier molecular flexibility index (Phi) is 6.11. The maximum Gasteiger partial charge on any atom is 0.242 e. The first-order chi connectivity index (χ1) is 12.8. The molecule has 0 aromatic heterocycles. The van der Waals surface area contributed by atoms with Crippen LogP contribution in [0.3, 0.4) is 0 Å². The largest absolute Gasteiger partial charge is 0.347 e. The summed E-state index contributed by atoms with van der Waals surface area (Å²) in [4.78, 5) is 40.0. The first-order valence-electron chi connectivity index (χ1n) is 10.6. The maximum absolute atomic E-state index is 12.5. The molecule has 4 aliphatic rings. The molecule has 0 atom stereocenters. The van der Waals surface area contributed by atoms with Gasteiger partial charge in [0.25, 0.3) is 0 Å². The highest BCUT2D eigenvalue weighted by Gasteiger charge is 2.51. The molecule has 6 heteroatoms. The molecule has 0 aromatic carbocycles. The summed E-state index contributed by atoms with van der Waals surface area (Å²) < 4.78 is 0. The van der Waals surface area contributed by atoms with Gasteiger partial charge in [0.2, 0.25) is 17.7 Å². The summed E-state index contributed by atoms with van der Waals surface area (Å²) in [5, 5.41) is 2.81. The smallest absolute Gasteiger partial charge is 0.242 e. The van der Waals surface area contributed by atoms with E-state index in [0.29, 0.717) is 19.5 Å². The van der Waals surface area contributed by atoms with Gasteiger partial charge in [0.15, 0.2) is 0 Å². The fourth-order valence-corrected chi connectivity index (χ4v) is 6.19. The third kappa shape index (κ3) is 4.64. The van der Waals surface area contributed by atoms with Crippen LogP contribution in [0.25, 0.3) is 0 Å². The second-order valence-corrected chi connectivity index (χ2v) is 9.19. The van der Waals surface area contributed by atoms with Gasteiger partial charge in [0.05, 0.1) is 13.1 Å². The summed E-state index contributed by atoms with van der Waals surface area (Å²) in [7, 11) is 1.62. The molecule has 4 bridgehead atoms. The molecule has 0 radical (unpaired) electrons. The molecule has 0 saturated heterocycles. The molecule has 0 aliphatic heterocycles. The van der Waals surface area contributed by atoms with Crippen molar-refractivity contribution in [2.75, 3.05) is 33.2 Å². The molecular formula is C21H35N3O3. The Bertz CT molecular complexity index is 550. The number of hydrogen-bond acceptors (Lipinski definition) is 3. The van der Waals surface area contributed by atoms with Gasteiger partial charge in [-0.1, -0.05) is 0 Å². The monoisotopic (exact) mass is 377 g/mol. The Labute approximate surface area is 163 Å². The fourth-order valence-electron chi connectivity index (χ4n) is 6.19. The number of amides is 3. The fraction of sp³-hybridized carbons (Fsp3) is 0.857. The Morgan fingerprint density at radius 3 is 1.93 bits per heavy atom. The third-order valence-corrected chi connectivity index (χ3v) is 7.05. The lowest BCUT2D eigenvalue weighted by molar-refractivity contribution is -0.139. The van der Waals surface area contributed by atoms with Gasteiger partial charge in [-0.15, -0.1) is 0 Å². The highest BCUT2D eigenvalue weighted by atomic mass is 16.2. The van der Waals surface area contributed by atoms with Crippen LogP contribution in [0.2, 0.25) is 0 Å². The zero-order chi connectivity index (χ0) is 19.6. The first-order valence-corrected chi connectivity index (χ1v) is 10.6. The van der Waals surface area contributed by atoms with E-state index < -0.39 is 0 Å². The molecule has 4 saturated carbocycles. The van der Waals surface area contributed by atoms with Gasteiger partial charge in [-0.05, 0) is 75.5 Å². The van der Waals surface area contributed by atoms with Crippen molar-refractivity contribution in [1.82, 2.24) is 15.1 Å². The zero-order valence-electron chi connectivity index (χ0n) is 17.1. The van der Waals surface area contributed by atoms with Gasteiger partial charge in [-0.3, -0.25) is 14.4 Å². The number of nitrogens with one attached hydrogen (secondary N) is 1. The van der Waals surface area contributed by atoms with Crippen LogP contribution in [0, 0.1) is 23.2 Å². The van der Waals surface area contributed by atoms with Crippen LogP contribution in [0.1, 0.15) is 58.8 Å². The van der Waals surface area contributed by atoms with Gasteiger partial charge in [0.1, 0.15) is 0 Å². The van der Waals surface area contributed by atoms with Gasteiger partial charge in [-0.2, -0.15) is 0 Å². The Morgan fingerprint density at radius 2 is 1.44 bits per heavy atom. The number of carbonyl (C=O) groups is 3. The number of carbonyl (C=O) groups excluding carboxylic acids is 3. The predicted molar refractivity (Wildman–Crippen MR) is 104 cm³/mol. The van der Waals surface area contributed by atoms with Crippen LogP contribution in [0.5, 0.6) is 0 Å². The Hall–Kier alpha value is -1.59. The van der Waals surface area contributed by atoms with E-state index in [0.717, 1.165) is 17.8 Å². The van der Waals surface area contributed by atoms with Crippen LogP contribution in [0.15, 0.2) is 0 Å². The molecule has 0 unspecified atom stereocenters. The van der Waals surface area contributed by atoms with E-state index in [4.69, 9.17) is 0 Å². The molecule has 0 heterocycles. The summed E-state index contributed by atoms with van der Waals surface area (Å²) in [6, 6.07) is 0. The average molecular weight is 378 g/mol. The highest BCUT2D eigenvalue weighted by molar-refractivity contribution is 5.88. The van der Waals surface area contributed by atoms with Crippen molar-refractivity contribution in [2.45, 2.75) is 58.8 Å². The molecule has 4 aliphatic carbocycles. The molecule has 3 amide bonds. The molecule has 27 heavy (non-hydrogen) atoms. The quantitative estimate of drug-likeness (QED) is 0.704. The molecule has 1 N–H and O–H groups in total. The van der Waals surface area contributed by atoms with Crippen molar-refractivity contribution in [1.29, 1.82) is 0 Å². The lowest BCUT2D eigenvalue weighted by Gasteiger charge is -2.56. The van der Waals surface area contributed by atoms with Crippen molar-refractivity contribution in [2.24, 2.45) is 23.2 Å². The Balaban J connectivity index is 1.44. The minimum Gasteiger partial charge on any atom is -0.347 e. The molecule has 0 aromatic rings. The number of hydrogen-bond donors (Lipinski definition) is 1. The Morgan fingerprint density at radius 1 is 0.926 bits per heavy atom. The van der Waals surface area contributed by atoms with E-state index >= 15 is 0 Å². The van der Waals surface area contributed by atoms with E-state index in [1.165, 1.54) is 43.4 Å². The summed E-state index contributed by atoms with van der Waals surface area (Å²) in [5.74, 6) is 2.19. The molecule has 0 spiro atoms. The SMILES string of the molecule is CCN(CC)C(=O)CN(C)C(=O)CNC(=O)CC12CC3CC(CC(C3)C1)C2. The van der Waals surface area contributed by atoms with E-state index in [-0.39, 0.29) is 36.2 Å². The van der Waals surface area contributed by atoms with Crippen molar-refractivity contribution in [3.63, 3.8) is 0 Å². The van der Waals surface area contributed by atoms with Crippen LogP contribution >= 0.6 is 0 Å². The van der Waals surface area contributed by atoms with Crippen LogP contribution < -0.4 is 5.32 Å². The van der Waals surface area contributed by atoms with Crippen LogP contribution in [0.4, 0.5) is 0 Å². The summed E-state index contributed by atoms with van der Waals surface area (Å²) in [6.07, 6.45) is 8.24. The highest BCUT2D eigenvalue weighted by Crippen LogP contribution is 2.61. The second kappa shape index (κ2) is 8.19. The topological polar surface area (TPSA) is 69.7 Å². The van der Waals surface area contributed by atoms with E-state index in [2.05, 4.69) is 5.32 Å². The average Bonchev–Trinajstić information content (AvgIpc) is 2.59. The van der Waals surface area contributed by atoms with Gasteiger partial charge in [0, 0.05) is 26.6 Å². The summed E-state index contributed by atoms with van der Waals surface area (Å²) >= 11 is 0. The summed E-state index contributed by atoms with van der Waals surface area (Å²) in [5.41, 5.74) is 0.187. The normalized spacial score (nSPS) is 30.9. The van der Waals surface area contributed by atoms with E-state index in [9.17, 15) is 14.4 Å². The summed E-state index contributed by atoms with van der Waals surface area (Å²) in [6.45, 7) is 5.17. The number of likely N-dealkylation sites (N-methyl/N-ethyl adjacent to an activating group) is 2. The molecule has 152 valence electrons. The van der Waals surface area contributed by atoms with Gasteiger partial charge < -0.3 is 15.1 Å². The standard InChI is InChI=1S/C21H35N3O3/c1-4-24(5-2)20(27)14-23(3)19(26)13-22-18(25)12-21-9-15-6-16(10-21)8-17(7-15)11-21/h15-17H,4-14H2,1-3H3,(H,22,25). The molecule has 6 nitrogen and oxygen atoms in total. The minimum absolute atomic E-state index is 0.00577. The predicted octanol–water partition coefficient (Wildman–Crippen LogP) is 2.04. The van der Waals surface area contributed by atoms with Crippen LogP contribution in [-0.4, -0.2) is 60.7 Å².